The third-order valence-electron chi connectivity index (χ3n) is 3.84. The molecule has 3 aromatic heterocycles. The number of aromatic nitrogens is 5. The number of benzene rings is 1. The van der Waals surface area contributed by atoms with Gasteiger partial charge in [0, 0.05) is 24.3 Å². The maximum atomic E-state index is 4.53. The first-order valence-corrected chi connectivity index (χ1v) is 7.32. The predicted octanol–water partition coefficient (Wildman–Crippen LogP) is 3.62. The van der Waals surface area contributed by atoms with Crippen molar-refractivity contribution in [3.8, 4) is 0 Å². The maximum absolute atomic E-state index is 4.53. The average molecular weight is 304 g/mol. The second-order valence-corrected chi connectivity index (χ2v) is 5.58. The van der Waals surface area contributed by atoms with Crippen LogP contribution in [-0.4, -0.2) is 25.0 Å². The summed E-state index contributed by atoms with van der Waals surface area (Å²) < 4.78 is 1.87. The molecular formula is C17H16N6. The van der Waals surface area contributed by atoms with E-state index in [1.807, 2.05) is 36.9 Å². The second kappa shape index (κ2) is 4.95. The van der Waals surface area contributed by atoms with Crippen LogP contribution in [0.25, 0.3) is 27.5 Å². The van der Waals surface area contributed by atoms with Crippen LogP contribution >= 0.6 is 0 Å². The van der Waals surface area contributed by atoms with E-state index in [-0.39, 0.29) is 0 Å². The van der Waals surface area contributed by atoms with Gasteiger partial charge in [0.2, 0.25) is 0 Å². The molecule has 2 N–H and O–H groups in total. The van der Waals surface area contributed by atoms with E-state index in [0.717, 1.165) is 38.9 Å². The molecule has 0 aliphatic carbocycles. The third-order valence-corrected chi connectivity index (χ3v) is 3.84. The van der Waals surface area contributed by atoms with Crippen molar-refractivity contribution >= 4 is 39.0 Å². The van der Waals surface area contributed by atoms with Crippen molar-refractivity contribution in [3.63, 3.8) is 0 Å². The summed E-state index contributed by atoms with van der Waals surface area (Å²) in [5.41, 5.74) is 5.59. The molecule has 0 radical (unpaired) electrons. The van der Waals surface area contributed by atoms with E-state index in [4.69, 9.17) is 0 Å². The van der Waals surface area contributed by atoms with Crippen molar-refractivity contribution in [2.45, 2.75) is 6.92 Å². The fourth-order valence-electron chi connectivity index (χ4n) is 2.73. The Balaban J connectivity index is 1.78. The minimum Gasteiger partial charge on any atom is -0.337 e. The molecule has 0 bridgehead atoms. The van der Waals surface area contributed by atoms with Crippen molar-refractivity contribution in [3.05, 3.63) is 48.8 Å². The maximum Gasteiger partial charge on any atom is 0.178 e. The fraction of sp³-hybridized carbons (Fsp3) is 0.118. The Morgan fingerprint density at radius 2 is 2.17 bits per heavy atom. The highest BCUT2D eigenvalue weighted by atomic mass is 15.3. The average Bonchev–Trinajstić information content (AvgIpc) is 3.10. The normalized spacial score (nSPS) is 11.2. The Labute approximate surface area is 132 Å². The predicted molar refractivity (Wildman–Crippen MR) is 92.6 cm³/mol. The van der Waals surface area contributed by atoms with Gasteiger partial charge in [-0.3, -0.25) is 14.8 Å². The summed E-state index contributed by atoms with van der Waals surface area (Å²) in [5, 5.41) is 16.2. The van der Waals surface area contributed by atoms with Gasteiger partial charge >= 0.3 is 0 Å². The number of fused-ring (bicyclic) bond motifs is 2. The lowest BCUT2D eigenvalue weighted by molar-refractivity contribution is 0.791. The molecule has 6 heteroatoms. The summed E-state index contributed by atoms with van der Waals surface area (Å²) in [5.74, 6) is 0.710. The van der Waals surface area contributed by atoms with Gasteiger partial charge in [-0.2, -0.15) is 10.2 Å². The van der Waals surface area contributed by atoms with Gasteiger partial charge in [-0.1, -0.05) is 6.58 Å². The Morgan fingerprint density at radius 3 is 3.00 bits per heavy atom. The van der Waals surface area contributed by atoms with Gasteiger partial charge in [0.1, 0.15) is 5.52 Å². The number of pyridine rings is 1. The van der Waals surface area contributed by atoms with E-state index in [9.17, 15) is 0 Å². The summed E-state index contributed by atoms with van der Waals surface area (Å²) in [6.07, 6.45) is 1.76. The highest BCUT2D eigenvalue weighted by molar-refractivity contribution is 5.93. The summed E-state index contributed by atoms with van der Waals surface area (Å²) in [7, 11) is 1.93. The van der Waals surface area contributed by atoms with Crippen molar-refractivity contribution in [2.24, 2.45) is 7.05 Å². The van der Waals surface area contributed by atoms with Gasteiger partial charge in [-0.15, -0.1) is 0 Å². The monoisotopic (exact) mass is 304 g/mol. The number of hydrogen-bond donors (Lipinski definition) is 2. The number of anilines is 2. The van der Waals surface area contributed by atoms with Crippen LogP contribution in [0.2, 0.25) is 0 Å². The van der Waals surface area contributed by atoms with Gasteiger partial charge in [-0.25, -0.2) is 0 Å². The van der Waals surface area contributed by atoms with Gasteiger partial charge in [-0.05, 0) is 42.8 Å². The van der Waals surface area contributed by atoms with Crippen LogP contribution < -0.4 is 5.32 Å². The van der Waals surface area contributed by atoms with Gasteiger partial charge < -0.3 is 5.32 Å². The van der Waals surface area contributed by atoms with Gasteiger partial charge in [0.05, 0.1) is 16.7 Å². The molecule has 0 unspecified atom stereocenters. The molecule has 0 fully saturated rings. The van der Waals surface area contributed by atoms with E-state index < -0.39 is 0 Å². The first-order valence-electron chi connectivity index (χ1n) is 7.32. The molecule has 3 heterocycles. The second-order valence-electron chi connectivity index (χ2n) is 5.58. The number of rotatable bonds is 3. The lowest BCUT2D eigenvalue weighted by atomic mass is 10.1. The molecule has 0 spiro atoms. The summed E-state index contributed by atoms with van der Waals surface area (Å²) in [6.45, 7) is 5.96. The zero-order valence-corrected chi connectivity index (χ0v) is 13.0. The smallest absolute Gasteiger partial charge is 0.178 e. The molecule has 4 rings (SSSR count). The number of allylic oxidation sites excluding steroid dienone is 1. The van der Waals surface area contributed by atoms with E-state index in [1.165, 1.54) is 0 Å². The van der Waals surface area contributed by atoms with Crippen LogP contribution in [0.15, 0.2) is 43.1 Å². The molecule has 0 amide bonds. The number of hydrogen-bond acceptors (Lipinski definition) is 4. The van der Waals surface area contributed by atoms with Gasteiger partial charge in [0.15, 0.2) is 5.82 Å². The molecular weight excluding hydrogens is 288 g/mol. The minimum atomic E-state index is 0.710. The highest BCUT2D eigenvalue weighted by Gasteiger charge is 2.11. The fourth-order valence-corrected chi connectivity index (χ4v) is 2.73. The van der Waals surface area contributed by atoms with Crippen molar-refractivity contribution in [1.29, 1.82) is 0 Å². The number of H-pyrrole nitrogens is 1. The molecule has 4 aromatic rings. The summed E-state index contributed by atoms with van der Waals surface area (Å²) in [4.78, 5) is 4.36. The molecule has 6 nitrogen and oxygen atoms in total. The standard InChI is InChI=1S/C17H16N6/c1-10(2)15-12-7-6-11(9-14(12)23(3)22-15)19-17-16-13(20-21-17)5-4-8-18-16/h4-9H,1H2,2-3H3,(H2,19,20,21). The third kappa shape index (κ3) is 2.15. The van der Waals surface area contributed by atoms with E-state index in [1.54, 1.807) is 6.20 Å². The van der Waals surface area contributed by atoms with Crippen molar-refractivity contribution in [2.75, 3.05) is 5.32 Å². The van der Waals surface area contributed by atoms with Crippen LogP contribution in [0.4, 0.5) is 11.5 Å². The Morgan fingerprint density at radius 1 is 1.30 bits per heavy atom. The van der Waals surface area contributed by atoms with Crippen LogP contribution in [0.3, 0.4) is 0 Å². The molecule has 0 saturated carbocycles. The largest absolute Gasteiger partial charge is 0.337 e. The van der Waals surface area contributed by atoms with Crippen molar-refractivity contribution in [1.82, 2.24) is 25.0 Å². The summed E-state index contributed by atoms with van der Waals surface area (Å²) >= 11 is 0. The van der Waals surface area contributed by atoms with Crippen LogP contribution in [0.1, 0.15) is 12.6 Å². The summed E-state index contributed by atoms with van der Waals surface area (Å²) in [6, 6.07) is 9.95. The van der Waals surface area contributed by atoms with E-state index in [0.29, 0.717) is 5.82 Å². The quantitative estimate of drug-likeness (QED) is 0.606. The van der Waals surface area contributed by atoms with Crippen LogP contribution in [0, 0.1) is 0 Å². The number of aromatic amines is 1. The van der Waals surface area contributed by atoms with Crippen LogP contribution in [-0.2, 0) is 7.05 Å². The number of nitrogens with one attached hydrogen (secondary N) is 2. The first kappa shape index (κ1) is 13.5. The molecule has 0 atom stereocenters. The SMILES string of the molecule is C=C(C)c1nn(C)c2cc(Nc3n[nH]c4cccnc34)ccc12. The molecule has 0 aliphatic heterocycles. The van der Waals surface area contributed by atoms with Crippen molar-refractivity contribution < 1.29 is 0 Å². The molecule has 0 saturated heterocycles. The lowest BCUT2D eigenvalue weighted by Crippen LogP contribution is -1.94. The lowest BCUT2D eigenvalue weighted by Gasteiger charge is -2.04. The Hall–Kier alpha value is -3.15. The Kier molecular flexibility index (Phi) is 2.90. The zero-order chi connectivity index (χ0) is 16.0. The topological polar surface area (TPSA) is 71.4 Å². The Bertz CT molecular complexity index is 1040. The minimum absolute atomic E-state index is 0.710. The zero-order valence-electron chi connectivity index (χ0n) is 13.0. The molecule has 1 aromatic carbocycles. The van der Waals surface area contributed by atoms with E-state index in [2.05, 4.69) is 44.3 Å². The highest BCUT2D eigenvalue weighted by Crippen LogP contribution is 2.28. The molecule has 0 aliphatic rings. The first-order chi connectivity index (χ1) is 11.1. The number of aryl methyl sites for hydroxylation is 1. The van der Waals surface area contributed by atoms with E-state index >= 15 is 0 Å². The van der Waals surface area contributed by atoms with Crippen LogP contribution in [0.5, 0.6) is 0 Å². The van der Waals surface area contributed by atoms with Gasteiger partial charge in [0.25, 0.3) is 0 Å². The number of nitrogens with zero attached hydrogens (tertiary/aromatic N) is 4. The molecule has 114 valence electrons. The molecule has 23 heavy (non-hydrogen) atoms.